The molecule has 126 valence electrons. The van der Waals surface area contributed by atoms with Gasteiger partial charge in [-0.2, -0.15) is 5.10 Å². The van der Waals surface area contributed by atoms with Gasteiger partial charge in [0.05, 0.1) is 36.8 Å². The number of fused-ring (bicyclic) bond motifs is 1. The molecular formula is C17H20N4O3. The molecular weight excluding hydrogens is 308 g/mol. The molecule has 0 aliphatic carbocycles. The van der Waals surface area contributed by atoms with Crippen molar-refractivity contribution < 1.29 is 9.47 Å². The molecule has 2 heterocycles. The summed E-state index contributed by atoms with van der Waals surface area (Å²) in [5.41, 5.74) is 3.93. The molecule has 0 bridgehead atoms. The number of benzene rings is 1. The summed E-state index contributed by atoms with van der Waals surface area (Å²) >= 11 is 0. The summed E-state index contributed by atoms with van der Waals surface area (Å²) < 4.78 is 10.6. The first-order valence-electron chi connectivity index (χ1n) is 7.57. The van der Waals surface area contributed by atoms with Crippen molar-refractivity contribution >= 4 is 16.6 Å². The number of methoxy groups -OCH3 is 2. The average Bonchev–Trinajstić information content (AvgIpc) is 2.90. The van der Waals surface area contributed by atoms with Crippen LogP contribution in [0.3, 0.4) is 0 Å². The third kappa shape index (κ3) is 2.80. The molecule has 2 aromatic heterocycles. The second kappa shape index (κ2) is 6.27. The highest BCUT2D eigenvalue weighted by Gasteiger charge is 2.11. The predicted octanol–water partition coefficient (Wildman–Crippen LogP) is 2.50. The van der Waals surface area contributed by atoms with Crippen molar-refractivity contribution in [1.29, 1.82) is 0 Å². The standard InChI is InChI=1S/C17H20N4O3/c1-9-16(10(2)21-20-9)18-8-12-5-11-6-14(23-3)15(24-4)7-13(11)19-17(12)22/h5-7,18H,8H2,1-4H3,(H,19,22)(H,20,21). The van der Waals surface area contributed by atoms with Crippen LogP contribution in [0.15, 0.2) is 23.0 Å². The zero-order valence-corrected chi connectivity index (χ0v) is 14.1. The lowest BCUT2D eigenvalue weighted by molar-refractivity contribution is 0.356. The van der Waals surface area contributed by atoms with Gasteiger partial charge in [0.25, 0.3) is 5.56 Å². The largest absolute Gasteiger partial charge is 0.493 e. The summed E-state index contributed by atoms with van der Waals surface area (Å²) in [7, 11) is 3.15. The number of pyridine rings is 1. The fraction of sp³-hybridized carbons (Fsp3) is 0.294. The number of H-pyrrole nitrogens is 2. The highest BCUT2D eigenvalue weighted by Crippen LogP contribution is 2.31. The van der Waals surface area contributed by atoms with E-state index >= 15 is 0 Å². The summed E-state index contributed by atoms with van der Waals surface area (Å²) in [5, 5.41) is 11.2. The number of anilines is 1. The van der Waals surface area contributed by atoms with Gasteiger partial charge in [0, 0.05) is 23.6 Å². The van der Waals surface area contributed by atoms with E-state index in [0.717, 1.165) is 22.5 Å². The Kier molecular flexibility index (Phi) is 4.16. The molecule has 0 saturated carbocycles. The minimum absolute atomic E-state index is 0.138. The first kappa shape index (κ1) is 15.9. The third-order valence-electron chi connectivity index (χ3n) is 4.01. The van der Waals surface area contributed by atoms with Crippen molar-refractivity contribution in [2.75, 3.05) is 19.5 Å². The monoisotopic (exact) mass is 328 g/mol. The molecule has 3 rings (SSSR count). The van der Waals surface area contributed by atoms with E-state index in [1.54, 1.807) is 20.3 Å². The maximum Gasteiger partial charge on any atom is 0.253 e. The zero-order valence-electron chi connectivity index (χ0n) is 14.1. The number of ether oxygens (including phenoxy) is 2. The Morgan fingerprint density at radius 2 is 1.83 bits per heavy atom. The predicted molar refractivity (Wildman–Crippen MR) is 93.1 cm³/mol. The molecule has 7 nitrogen and oxygen atoms in total. The van der Waals surface area contributed by atoms with Crippen molar-refractivity contribution in [3.05, 3.63) is 45.5 Å². The molecule has 0 aliphatic heterocycles. The lowest BCUT2D eigenvalue weighted by Gasteiger charge is -2.11. The van der Waals surface area contributed by atoms with Gasteiger partial charge in [0.15, 0.2) is 11.5 Å². The quantitative estimate of drug-likeness (QED) is 0.669. The first-order valence-corrected chi connectivity index (χ1v) is 7.57. The molecule has 24 heavy (non-hydrogen) atoms. The summed E-state index contributed by atoms with van der Waals surface area (Å²) in [6.07, 6.45) is 0. The van der Waals surface area contributed by atoms with E-state index in [1.165, 1.54) is 0 Å². The Morgan fingerprint density at radius 3 is 2.46 bits per heavy atom. The van der Waals surface area contributed by atoms with Crippen LogP contribution in [0.25, 0.3) is 10.9 Å². The molecule has 0 aliphatic rings. The normalized spacial score (nSPS) is 10.8. The van der Waals surface area contributed by atoms with E-state index in [0.29, 0.717) is 29.1 Å². The van der Waals surface area contributed by atoms with E-state index in [-0.39, 0.29) is 5.56 Å². The number of aromatic amines is 2. The van der Waals surface area contributed by atoms with Crippen molar-refractivity contribution in [3.8, 4) is 11.5 Å². The Hall–Kier alpha value is -2.96. The molecule has 0 spiro atoms. The van der Waals surface area contributed by atoms with Crippen LogP contribution >= 0.6 is 0 Å². The van der Waals surface area contributed by atoms with Gasteiger partial charge in [-0.25, -0.2) is 0 Å². The number of hydrogen-bond donors (Lipinski definition) is 3. The third-order valence-corrected chi connectivity index (χ3v) is 4.01. The maximum atomic E-state index is 12.3. The molecule has 0 unspecified atom stereocenters. The van der Waals surface area contributed by atoms with E-state index < -0.39 is 0 Å². The van der Waals surface area contributed by atoms with Crippen LogP contribution in [0, 0.1) is 13.8 Å². The molecule has 0 radical (unpaired) electrons. The molecule has 7 heteroatoms. The lowest BCUT2D eigenvalue weighted by Crippen LogP contribution is -2.16. The number of aromatic nitrogens is 3. The lowest BCUT2D eigenvalue weighted by atomic mass is 10.1. The minimum atomic E-state index is -0.138. The smallest absolute Gasteiger partial charge is 0.253 e. The van der Waals surface area contributed by atoms with E-state index in [9.17, 15) is 4.79 Å². The van der Waals surface area contributed by atoms with Gasteiger partial charge < -0.3 is 19.8 Å². The van der Waals surface area contributed by atoms with Crippen LogP contribution in [0.5, 0.6) is 11.5 Å². The molecule has 1 aromatic carbocycles. The topological polar surface area (TPSA) is 92.0 Å². The summed E-state index contributed by atoms with van der Waals surface area (Å²) in [5.74, 6) is 1.20. The van der Waals surface area contributed by atoms with Crippen LogP contribution in [-0.4, -0.2) is 29.4 Å². The SMILES string of the molecule is COc1cc2cc(CNc3c(C)n[nH]c3C)c(=O)[nH]c2cc1OC. The Bertz CT molecular complexity index is 923. The zero-order chi connectivity index (χ0) is 17.3. The Balaban J connectivity index is 1.97. The van der Waals surface area contributed by atoms with Crippen LogP contribution < -0.4 is 20.3 Å². The van der Waals surface area contributed by atoms with Crippen LogP contribution in [0.1, 0.15) is 17.0 Å². The van der Waals surface area contributed by atoms with Crippen LogP contribution in [0.2, 0.25) is 0 Å². The van der Waals surface area contributed by atoms with E-state index in [4.69, 9.17) is 9.47 Å². The molecule has 0 atom stereocenters. The van der Waals surface area contributed by atoms with Gasteiger partial charge in [-0.1, -0.05) is 0 Å². The van der Waals surface area contributed by atoms with Gasteiger partial charge in [0.1, 0.15) is 0 Å². The summed E-state index contributed by atoms with van der Waals surface area (Å²) in [6, 6.07) is 5.47. The number of aryl methyl sites for hydroxylation is 2. The van der Waals surface area contributed by atoms with Crippen LogP contribution in [-0.2, 0) is 6.54 Å². The minimum Gasteiger partial charge on any atom is -0.493 e. The van der Waals surface area contributed by atoms with Crippen molar-refractivity contribution in [2.45, 2.75) is 20.4 Å². The van der Waals surface area contributed by atoms with Crippen LogP contribution in [0.4, 0.5) is 5.69 Å². The number of nitrogens with zero attached hydrogens (tertiary/aromatic N) is 1. The number of rotatable bonds is 5. The molecule has 3 N–H and O–H groups in total. The molecule has 3 aromatic rings. The first-order chi connectivity index (χ1) is 11.5. The number of nitrogens with one attached hydrogen (secondary N) is 3. The highest BCUT2D eigenvalue weighted by atomic mass is 16.5. The summed E-state index contributed by atoms with van der Waals surface area (Å²) in [4.78, 5) is 15.2. The van der Waals surface area contributed by atoms with Crippen molar-refractivity contribution in [1.82, 2.24) is 15.2 Å². The van der Waals surface area contributed by atoms with E-state index in [1.807, 2.05) is 26.0 Å². The molecule has 0 fully saturated rings. The van der Waals surface area contributed by atoms with Crippen molar-refractivity contribution in [3.63, 3.8) is 0 Å². The second-order valence-electron chi connectivity index (χ2n) is 5.58. The van der Waals surface area contributed by atoms with Gasteiger partial charge in [-0.3, -0.25) is 9.89 Å². The Morgan fingerprint density at radius 1 is 1.12 bits per heavy atom. The number of hydrogen-bond acceptors (Lipinski definition) is 5. The van der Waals surface area contributed by atoms with Crippen molar-refractivity contribution in [2.24, 2.45) is 0 Å². The maximum absolute atomic E-state index is 12.3. The fourth-order valence-electron chi connectivity index (χ4n) is 2.70. The van der Waals surface area contributed by atoms with E-state index in [2.05, 4.69) is 20.5 Å². The molecule has 0 amide bonds. The summed E-state index contributed by atoms with van der Waals surface area (Å²) in [6.45, 7) is 4.25. The fourth-order valence-corrected chi connectivity index (χ4v) is 2.70. The van der Waals surface area contributed by atoms with Gasteiger partial charge in [0.2, 0.25) is 0 Å². The van der Waals surface area contributed by atoms with Gasteiger partial charge in [-0.15, -0.1) is 0 Å². The van der Waals surface area contributed by atoms with Gasteiger partial charge >= 0.3 is 0 Å². The highest BCUT2D eigenvalue weighted by molar-refractivity contribution is 5.83. The average molecular weight is 328 g/mol. The van der Waals surface area contributed by atoms with Gasteiger partial charge in [-0.05, 0) is 26.0 Å². The second-order valence-corrected chi connectivity index (χ2v) is 5.58. The Labute approximate surface area is 139 Å². The molecule has 0 saturated heterocycles.